The molecule has 1 saturated carbocycles. The molecule has 0 bridgehead atoms. The molecular formula is C19H21NOS. The summed E-state index contributed by atoms with van der Waals surface area (Å²) in [4.78, 5) is 16.5. The van der Waals surface area contributed by atoms with E-state index in [1.807, 2.05) is 11.3 Å². The third-order valence-corrected chi connectivity index (χ3v) is 6.09. The van der Waals surface area contributed by atoms with Gasteiger partial charge in [0, 0.05) is 17.3 Å². The Kier molecular flexibility index (Phi) is 3.53. The largest absolute Gasteiger partial charge is 0.331 e. The second kappa shape index (κ2) is 5.54. The number of amides is 1. The first-order chi connectivity index (χ1) is 10.7. The third-order valence-electron chi connectivity index (χ3n) is 5.10. The number of hydrogen-bond donors (Lipinski definition) is 0. The van der Waals surface area contributed by atoms with E-state index in [0.717, 1.165) is 25.8 Å². The predicted octanol–water partition coefficient (Wildman–Crippen LogP) is 4.33. The molecule has 22 heavy (non-hydrogen) atoms. The molecule has 3 heteroatoms. The van der Waals surface area contributed by atoms with Gasteiger partial charge in [0.15, 0.2) is 0 Å². The molecule has 1 aliphatic carbocycles. The monoisotopic (exact) mass is 311 g/mol. The van der Waals surface area contributed by atoms with E-state index in [1.165, 1.54) is 28.0 Å². The molecule has 0 saturated heterocycles. The molecular weight excluding hydrogens is 290 g/mol. The first kappa shape index (κ1) is 14.0. The van der Waals surface area contributed by atoms with E-state index in [1.54, 1.807) is 0 Å². The van der Waals surface area contributed by atoms with Gasteiger partial charge in [-0.3, -0.25) is 4.79 Å². The van der Waals surface area contributed by atoms with Crippen LogP contribution in [-0.2, 0) is 11.2 Å². The molecule has 1 aromatic heterocycles. The quantitative estimate of drug-likeness (QED) is 0.808. The van der Waals surface area contributed by atoms with Gasteiger partial charge in [-0.05, 0) is 48.8 Å². The molecule has 2 aromatic rings. The number of carbonyl (C=O) groups excluding carboxylic acids is 1. The van der Waals surface area contributed by atoms with E-state index in [0.29, 0.717) is 5.91 Å². The Morgan fingerprint density at radius 2 is 1.95 bits per heavy atom. The van der Waals surface area contributed by atoms with Gasteiger partial charge in [-0.1, -0.05) is 36.2 Å². The molecule has 2 heterocycles. The standard InChI is InChI=1S/C19H21NOS/c1-13-5-7-14(8-6-13)18-16-10-12-22-17(16)9-11-20(18)19(21)15-3-2-4-15/h5-8,10,12,15,18H,2-4,9,11H2,1H3/t18-/m0/s1. The fourth-order valence-electron chi connectivity index (χ4n) is 3.55. The smallest absolute Gasteiger partial charge is 0.226 e. The highest BCUT2D eigenvalue weighted by molar-refractivity contribution is 7.10. The fourth-order valence-corrected chi connectivity index (χ4v) is 4.46. The first-order valence-electron chi connectivity index (χ1n) is 8.17. The van der Waals surface area contributed by atoms with E-state index in [4.69, 9.17) is 0 Å². The van der Waals surface area contributed by atoms with Crippen molar-refractivity contribution in [1.82, 2.24) is 4.90 Å². The van der Waals surface area contributed by atoms with Crippen LogP contribution in [0.3, 0.4) is 0 Å². The second-order valence-corrected chi connectivity index (χ2v) is 7.52. The van der Waals surface area contributed by atoms with Crippen molar-refractivity contribution >= 4 is 17.2 Å². The summed E-state index contributed by atoms with van der Waals surface area (Å²) in [5, 5.41) is 2.17. The van der Waals surface area contributed by atoms with Crippen molar-refractivity contribution in [2.75, 3.05) is 6.54 Å². The average Bonchev–Trinajstić information content (AvgIpc) is 2.93. The molecule has 1 fully saturated rings. The predicted molar refractivity (Wildman–Crippen MR) is 90.1 cm³/mol. The van der Waals surface area contributed by atoms with Crippen LogP contribution in [0.5, 0.6) is 0 Å². The maximum Gasteiger partial charge on any atom is 0.226 e. The van der Waals surface area contributed by atoms with Crippen molar-refractivity contribution in [3.63, 3.8) is 0 Å². The zero-order valence-electron chi connectivity index (χ0n) is 12.9. The van der Waals surface area contributed by atoms with Gasteiger partial charge in [0.2, 0.25) is 5.91 Å². The molecule has 1 atom stereocenters. The van der Waals surface area contributed by atoms with Gasteiger partial charge in [0.05, 0.1) is 6.04 Å². The van der Waals surface area contributed by atoms with Crippen LogP contribution in [0.2, 0.25) is 0 Å². The van der Waals surface area contributed by atoms with Gasteiger partial charge in [-0.15, -0.1) is 11.3 Å². The van der Waals surface area contributed by atoms with Gasteiger partial charge < -0.3 is 4.90 Å². The highest BCUT2D eigenvalue weighted by Gasteiger charge is 2.37. The molecule has 4 rings (SSSR count). The number of aryl methyl sites for hydroxylation is 1. The summed E-state index contributed by atoms with van der Waals surface area (Å²) in [6.07, 6.45) is 4.37. The number of hydrogen-bond acceptors (Lipinski definition) is 2. The maximum absolute atomic E-state index is 12.9. The molecule has 0 N–H and O–H groups in total. The van der Waals surface area contributed by atoms with E-state index in [2.05, 4.69) is 47.5 Å². The second-order valence-electron chi connectivity index (χ2n) is 6.52. The van der Waals surface area contributed by atoms with Crippen LogP contribution in [0.1, 0.15) is 46.9 Å². The van der Waals surface area contributed by atoms with Gasteiger partial charge in [-0.25, -0.2) is 0 Å². The lowest BCUT2D eigenvalue weighted by atomic mass is 9.82. The van der Waals surface area contributed by atoms with Gasteiger partial charge >= 0.3 is 0 Å². The zero-order chi connectivity index (χ0) is 15.1. The van der Waals surface area contributed by atoms with Crippen LogP contribution in [0.25, 0.3) is 0 Å². The molecule has 0 radical (unpaired) electrons. The lowest BCUT2D eigenvalue weighted by Crippen LogP contribution is -2.44. The SMILES string of the molecule is Cc1ccc([C@H]2c3ccsc3CCN2C(=O)C2CCC2)cc1. The number of carbonyl (C=O) groups is 1. The molecule has 1 aromatic carbocycles. The number of nitrogens with zero attached hydrogens (tertiary/aromatic N) is 1. The number of rotatable bonds is 2. The van der Waals surface area contributed by atoms with E-state index >= 15 is 0 Å². The molecule has 114 valence electrons. The molecule has 0 spiro atoms. The van der Waals surface area contributed by atoms with E-state index < -0.39 is 0 Å². The average molecular weight is 311 g/mol. The van der Waals surface area contributed by atoms with Crippen molar-refractivity contribution in [2.24, 2.45) is 5.92 Å². The van der Waals surface area contributed by atoms with Crippen molar-refractivity contribution in [3.05, 3.63) is 57.3 Å². The molecule has 0 unspecified atom stereocenters. The van der Waals surface area contributed by atoms with Crippen molar-refractivity contribution in [3.8, 4) is 0 Å². The Morgan fingerprint density at radius 3 is 2.64 bits per heavy atom. The van der Waals surface area contributed by atoms with Crippen molar-refractivity contribution in [2.45, 2.75) is 38.6 Å². The minimum atomic E-state index is 0.115. The summed E-state index contributed by atoms with van der Waals surface area (Å²) in [6.45, 7) is 2.97. The topological polar surface area (TPSA) is 20.3 Å². The zero-order valence-corrected chi connectivity index (χ0v) is 13.7. The van der Waals surface area contributed by atoms with Gasteiger partial charge in [0.1, 0.15) is 0 Å². The number of thiophene rings is 1. The molecule has 1 aliphatic heterocycles. The Balaban J connectivity index is 1.74. The Morgan fingerprint density at radius 1 is 1.18 bits per heavy atom. The van der Waals surface area contributed by atoms with Crippen LogP contribution in [0.4, 0.5) is 0 Å². The highest BCUT2D eigenvalue weighted by Crippen LogP contribution is 2.40. The van der Waals surface area contributed by atoms with Crippen LogP contribution >= 0.6 is 11.3 Å². The lowest BCUT2D eigenvalue weighted by molar-refractivity contribution is -0.140. The summed E-state index contributed by atoms with van der Waals surface area (Å²) in [5.74, 6) is 0.641. The Bertz CT molecular complexity index is 684. The van der Waals surface area contributed by atoms with Crippen LogP contribution in [-0.4, -0.2) is 17.4 Å². The summed E-state index contributed by atoms with van der Waals surface area (Å²) < 4.78 is 0. The fraction of sp³-hybridized carbons (Fsp3) is 0.421. The molecule has 1 amide bonds. The first-order valence-corrected chi connectivity index (χ1v) is 9.05. The molecule has 2 aliphatic rings. The summed E-state index contributed by atoms with van der Waals surface area (Å²) in [7, 11) is 0. The number of benzene rings is 1. The van der Waals surface area contributed by atoms with E-state index in [9.17, 15) is 4.79 Å². The van der Waals surface area contributed by atoms with Crippen molar-refractivity contribution < 1.29 is 4.79 Å². The summed E-state index contributed by atoms with van der Waals surface area (Å²) >= 11 is 1.83. The lowest BCUT2D eigenvalue weighted by Gasteiger charge is -2.40. The van der Waals surface area contributed by atoms with Gasteiger partial charge in [-0.2, -0.15) is 0 Å². The minimum absolute atomic E-state index is 0.115. The Labute approximate surface area is 135 Å². The third kappa shape index (κ3) is 2.28. The van der Waals surface area contributed by atoms with Crippen LogP contribution in [0, 0.1) is 12.8 Å². The van der Waals surface area contributed by atoms with Crippen LogP contribution in [0.15, 0.2) is 35.7 Å². The minimum Gasteiger partial charge on any atom is -0.331 e. The maximum atomic E-state index is 12.9. The highest BCUT2D eigenvalue weighted by atomic mass is 32.1. The van der Waals surface area contributed by atoms with Crippen molar-refractivity contribution in [1.29, 1.82) is 0 Å². The molecule has 2 nitrogen and oxygen atoms in total. The number of fused-ring (bicyclic) bond motifs is 1. The summed E-state index contributed by atoms with van der Waals surface area (Å²) in [6, 6.07) is 11.0. The summed E-state index contributed by atoms with van der Waals surface area (Å²) in [5.41, 5.74) is 3.85. The van der Waals surface area contributed by atoms with Gasteiger partial charge in [0.25, 0.3) is 0 Å². The van der Waals surface area contributed by atoms with E-state index in [-0.39, 0.29) is 12.0 Å². The van der Waals surface area contributed by atoms with Crippen LogP contribution < -0.4 is 0 Å². The normalized spacial score (nSPS) is 21.3. The Hall–Kier alpha value is -1.61.